The number of hydrogen-bond acceptors (Lipinski definition) is 3. The van der Waals surface area contributed by atoms with Gasteiger partial charge >= 0.3 is 0 Å². The molecule has 0 unspecified atom stereocenters. The number of rotatable bonds is 6. The number of carbonyl (C=O) groups is 2. The number of aromatic nitrogens is 1. The van der Waals surface area contributed by atoms with Gasteiger partial charge in [-0.15, -0.1) is 0 Å². The van der Waals surface area contributed by atoms with Gasteiger partial charge in [0.25, 0.3) is 0 Å². The Morgan fingerprint density at radius 2 is 1.85 bits per heavy atom. The molecule has 6 heteroatoms. The predicted octanol–water partition coefficient (Wildman–Crippen LogP) is 3.75. The molecule has 3 rings (SSSR count). The average Bonchev–Trinajstić information content (AvgIpc) is 2.66. The lowest BCUT2D eigenvalue weighted by atomic mass is 10.2. The molecular formula is C21H20FN3O2. The maximum absolute atomic E-state index is 13.8. The molecule has 0 radical (unpaired) electrons. The fourth-order valence-electron chi connectivity index (χ4n) is 2.83. The van der Waals surface area contributed by atoms with E-state index in [1.807, 2.05) is 24.3 Å². The molecule has 1 N–H and O–H groups in total. The molecule has 1 aromatic heterocycles. The Bertz CT molecular complexity index is 969. The molecule has 0 spiro atoms. The smallest absolute Gasteiger partial charge is 0.226 e. The molecule has 0 saturated heterocycles. The third-order valence-electron chi connectivity index (χ3n) is 4.28. The standard InChI is InChI=1S/C21H20FN3O2/c1-15(26)25(14-17-6-2-3-9-18(17)22)13-11-20(27)24-19-10-4-7-16-8-5-12-23-21(16)19/h2-10,12H,11,13-14H2,1H3,(H,24,27). The fraction of sp³-hybridized carbons (Fsp3) is 0.190. The molecule has 0 aliphatic carbocycles. The van der Waals surface area contributed by atoms with E-state index in [9.17, 15) is 14.0 Å². The van der Waals surface area contributed by atoms with E-state index in [4.69, 9.17) is 0 Å². The summed E-state index contributed by atoms with van der Waals surface area (Å²) in [7, 11) is 0. The van der Waals surface area contributed by atoms with Crippen LogP contribution in [0.25, 0.3) is 10.9 Å². The van der Waals surface area contributed by atoms with Crippen molar-refractivity contribution in [3.05, 3.63) is 72.2 Å². The van der Waals surface area contributed by atoms with Crippen molar-refractivity contribution < 1.29 is 14.0 Å². The maximum atomic E-state index is 13.8. The third kappa shape index (κ3) is 4.67. The van der Waals surface area contributed by atoms with Crippen molar-refractivity contribution in [2.24, 2.45) is 0 Å². The SMILES string of the molecule is CC(=O)N(CCC(=O)Nc1cccc2cccnc12)Cc1ccccc1F. The molecule has 0 fully saturated rings. The van der Waals surface area contributed by atoms with Gasteiger partial charge < -0.3 is 10.2 Å². The first-order chi connectivity index (χ1) is 13.0. The van der Waals surface area contributed by atoms with Crippen molar-refractivity contribution in [3.8, 4) is 0 Å². The number of carbonyl (C=O) groups excluding carboxylic acids is 2. The molecule has 0 atom stereocenters. The van der Waals surface area contributed by atoms with Crippen LogP contribution in [-0.2, 0) is 16.1 Å². The number of nitrogens with zero attached hydrogens (tertiary/aromatic N) is 2. The lowest BCUT2D eigenvalue weighted by Gasteiger charge is -2.21. The fourth-order valence-corrected chi connectivity index (χ4v) is 2.83. The highest BCUT2D eigenvalue weighted by atomic mass is 19.1. The predicted molar refractivity (Wildman–Crippen MR) is 102 cm³/mol. The van der Waals surface area contributed by atoms with Gasteiger partial charge in [0.15, 0.2) is 0 Å². The van der Waals surface area contributed by atoms with E-state index in [-0.39, 0.29) is 37.1 Å². The topological polar surface area (TPSA) is 62.3 Å². The van der Waals surface area contributed by atoms with Gasteiger partial charge in [-0.3, -0.25) is 14.6 Å². The monoisotopic (exact) mass is 365 g/mol. The van der Waals surface area contributed by atoms with Gasteiger partial charge in [0.2, 0.25) is 11.8 Å². The number of halogens is 1. The van der Waals surface area contributed by atoms with Gasteiger partial charge in [-0.2, -0.15) is 0 Å². The van der Waals surface area contributed by atoms with Gasteiger partial charge in [-0.25, -0.2) is 4.39 Å². The van der Waals surface area contributed by atoms with Crippen LogP contribution >= 0.6 is 0 Å². The van der Waals surface area contributed by atoms with Crippen molar-refractivity contribution in [2.75, 3.05) is 11.9 Å². The van der Waals surface area contributed by atoms with E-state index in [2.05, 4.69) is 10.3 Å². The first-order valence-electron chi connectivity index (χ1n) is 8.67. The highest BCUT2D eigenvalue weighted by molar-refractivity contribution is 6.00. The lowest BCUT2D eigenvalue weighted by Crippen LogP contribution is -2.32. The van der Waals surface area contributed by atoms with E-state index >= 15 is 0 Å². The Hall–Kier alpha value is -3.28. The van der Waals surface area contributed by atoms with E-state index < -0.39 is 0 Å². The summed E-state index contributed by atoms with van der Waals surface area (Å²) in [5, 5.41) is 3.77. The minimum atomic E-state index is -0.366. The highest BCUT2D eigenvalue weighted by Gasteiger charge is 2.14. The number of fused-ring (bicyclic) bond motifs is 1. The summed E-state index contributed by atoms with van der Waals surface area (Å²) >= 11 is 0. The molecule has 0 bridgehead atoms. The second kappa shape index (κ2) is 8.40. The summed E-state index contributed by atoms with van der Waals surface area (Å²) in [4.78, 5) is 30.0. The molecule has 2 aromatic carbocycles. The minimum Gasteiger partial charge on any atom is -0.338 e. The van der Waals surface area contributed by atoms with Crippen LogP contribution in [0.4, 0.5) is 10.1 Å². The number of pyridine rings is 1. The number of benzene rings is 2. The summed E-state index contributed by atoms with van der Waals surface area (Å²) in [6.07, 6.45) is 1.78. The molecule has 3 aromatic rings. The Morgan fingerprint density at radius 1 is 1.07 bits per heavy atom. The van der Waals surface area contributed by atoms with Crippen molar-refractivity contribution in [1.29, 1.82) is 0 Å². The van der Waals surface area contributed by atoms with Crippen LogP contribution in [0.15, 0.2) is 60.8 Å². The van der Waals surface area contributed by atoms with Gasteiger partial charge in [-0.1, -0.05) is 36.4 Å². The van der Waals surface area contributed by atoms with Crippen LogP contribution in [0.5, 0.6) is 0 Å². The summed E-state index contributed by atoms with van der Waals surface area (Å²) in [6, 6.07) is 15.6. The maximum Gasteiger partial charge on any atom is 0.226 e. The van der Waals surface area contributed by atoms with Gasteiger partial charge in [0.1, 0.15) is 5.82 Å². The molecule has 1 heterocycles. The van der Waals surface area contributed by atoms with Crippen LogP contribution in [0.1, 0.15) is 18.9 Å². The average molecular weight is 365 g/mol. The number of para-hydroxylation sites is 1. The zero-order valence-corrected chi connectivity index (χ0v) is 15.0. The van der Waals surface area contributed by atoms with Crippen molar-refractivity contribution >= 4 is 28.4 Å². The number of amides is 2. The summed E-state index contributed by atoms with van der Waals surface area (Å²) in [5.41, 5.74) is 1.76. The van der Waals surface area contributed by atoms with Crippen LogP contribution in [0, 0.1) is 5.82 Å². The molecule has 27 heavy (non-hydrogen) atoms. The molecule has 5 nitrogen and oxygen atoms in total. The Morgan fingerprint density at radius 3 is 2.63 bits per heavy atom. The lowest BCUT2D eigenvalue weighted by molar-refractivity contribution is -0.130. The van der Waals surface area contributed by atoms with Crippen LogP contribution in [0.3, 0.4) is 0 Å². The first kappa shape index (κ1) is 18.5. The zero-order chi connectivity index (χ0) is 19.2. The molecule has 0 aliphatic heterocycles. The van der Waals surface area contributed by atoms with Gasteiger partial charge in [0.05, 0.1) is 11.2 Å². The first-order valence-corrected chi connectivity index (χ1v) is 8.67. The molecule has 138 valence electrons. The Labute approximate surface area is 156 Å². The van der Waals surface area contributed by atoms with Crippen LogP contribution < -0.4 is 5.32 Å². The molecule has 2 amide bonds. The highest BCUT2D eigenvalue weighted by Crippen LogP contribution is 2.20. The van der Waals surface area contributed by atoms with E-state index in [0.717, 1.165) is 5.39 Å². The second-order valence-corrected chi connectivity index (χ2v) is 6.21. The quantitative estimate of drug-likeness (QED) is 0.724. The number of anilines is 1. The Kier molecular flexibility index (Phi) is 5.76. The van der Waals surface area contributed by atoms with Crippen LogP contribution in [-0.4, -0.2) is 28.2 Å². The molecular weight excluding hydrogens is 345 g/mol. The number of hydrogen-bond donors (Lipinski definition) is 1. The number of nitrogens with one attached hydrogen (secondary N) is 1. The summed E-state index contributed by atoms with van der Waals surface area (Å²) < 4.78 is 13.8. The van der Waals surface area contributed by atoms with Gasteiger partial charge in [-0.05, 0) is 18.2 Å². The van der Waals surface area contributed by atoms with Crippen molar-refractivity contribution in [3.63, 3.8) is 0 Å². The van der Waals surface area contributed by atoms with Crippen molar-refractivity contribution in [1.82, 2.24) is 9.88 Å². The van der Waals surface area contributed by atoms with E-state index in [1.165, 1.54) is 17.9 Å². The van der Waals surface area contributed by atoms with E-state index in [1.54, 1.807) is 30.5 Å². The largest absolute Gasteiger partial charge is 0.338 e. The Balaban J connectivity index is 1.64. The normalized spacial score (nSPS) is 10.6. The minimum absolute atomic E-state index is 0.108. The van der Waals surface area contributed by atoms with E-state index in [0.29, 0.717) is 16.8 Å². The summed E-state index contributed by atoms with van der Waals surface area (Å²) in [6.45, 7) is 1.74. The van der Waals surface area contributed by atoms with Crippen molar-refractivity contribution in [2.45, 2.75) is 19.9 Å². The van der Waals surface area contributed by atoms with Crippen LogP contribution in [0.2, 0.25) is 0 Å². The molecule has 0 saturated carbocycles. The zero-order valence-electron chi connectivity index (χ0n) is 15.0. The second-order valence-electron chi connectivity index (χ2n) is 6.21. The third-order valence-corrected chi connectivity index (χ3v) is 4.28. The summed E-state index contributed by atoms with van der Waals surface area (Å²) in [5.74, 6) is -0.805. The molecule has 0 aliphatic rings. The van der Waals surface area contributed by atoms with Gasteiger partial charge in [0, 0.05) is 43.6 Å².